The highest BCUT2D eigenvalue weighted by molar-refractivity contribution is 6.14. The van der Waals surface area contributed by atoms with Gasteiger partial charge in [0.2, 0.25) is 0 Å². The smallest absolute Gasteiger partial charge is 0.344 e. The summed E-state index contributed by atoms with van der Waals surface area (Å²) in [6, 6.07) is 15.3. The fraction of sp³-hybridized carbons (Fsp3) is 0.0476. The van der Waals surface area contributed by atoms with Crippen molar-refractivity contribution in [1.82, 2.24) is 4.98 Å². The maximum Gasteiger partial charge on any atom is 0.344 e. The SMILES string of the molecule is O=C(OC1=CC=CCC=C1)c1c2ccccc2nc2ccccc12. The molecule has 0 radical (unpaired) electrons. The van der Waals surface area contributed by atoms with Gasteiger partial charge in [0, 0.05) is 10.8 Å². The summed E-state index contributed by atoms with van der Waals surface area (Å²) in [5.41, 5.74) is 2.13. The molecular formula is C21H15NO2. The lowest BCUT2D eigenvalue weighted by Crippen LogP contribution is -2.06. The van der Waals surface area contributed by atoms with Crippen LogP contribution in [0.4, 0.5) is 0 Å². The van der Waals surface area contributed by atoms with Crippen molar-refractivity contribution in [1.29, 1.82) is 0 Å². The van der Waals surface area contributed by atoms with Crippen LogP contribution in [-0.4, -0.2) is 11.0 Å². The number of rotatable bonds is 2. The predicted molar refractivity (Wildman–Crippen MR) is 95.6 cm³/mol. The van der Waals surface area contributed by atoms with Crippen LogP contribution in [-0.2, 0) is 4.74 Å². The molecule has 1 aliphatic rings. The number of ether oxygens (including phenoxy) is 1. The molecule has 0 saturated carbocycles. The average Bonchev–Trinajstić information content (AvgIpc) is 2.88. The van der Waals surface area contributed by atoms with Gasteiger partial charge in [-0.1, -0.05) is 54.6 Å². The quantitative estimate of drug-likeness (QED) is 0.496. The predicted octanol–water partition coefficient (Wildman–Crippen LogP) is 4.94. The molecule has 0 aliphatic heterocycles. The molecule has 116 valence electrons. The molecule has 3 nitrogen and oxygen atoms in total. The molecule has 0 fully saturated rings. The Hall–Kier alpha value is -3.20. The summed E-state index contributed by atoms with van der Waals surface area (Å²) in [5, 5.41) is 1.60. The standard InChI is InChI=1S/C21H15NO2/c23-21(24-15-9-3-1-2-4-10-15)20-16-11-5-7-13-18(16)22-19-14-8-6-12-17(19)20/h1,3-14H,2H2. The largest absolute Gasteiger partial charge is 0.423 e. The van der Waals surface area contributed by atoms with E-state index in [-0.39, 0.29) is 5.97 Å². The third kappa shape index (κ3) is 2.61. The maximum absolute atomic E-state index is 12.9. The Bertz CT molecular complexity index is 974. The molecule has 0 amide bonds. The van der Waals surface area contributed by atoms with Crippen LogP contribution in [0.2, 0.25) is 0 Å². The van der Waals surface area contributed by atoms with Crippen molar-refractivity contribution < 1.29 is 9.53 Å². The van der Waals surface area contributed by atoms with E-state index in [4.69, 9.17) is 4.74 Å². The summed E-state index contributed by atoms with van der Waals surface area (Å²) in [7, 11) is 0. The van der Waals surface area contributed by atoms with Crippen LogP contribution in [0.3, 0.4) is 0 Å². The Morgan fingerprint density at radius 1 is 0.917 bits per heavy atom. The molecule has 1 heterocycles. The van der Waals surface area contributed by atoms with Crippen molar-refractivity contribution in [3.8, 4) is 0 Å². The number of carbonyl (C=O) groups is 1. The van der Waals surface area contributed by atoms with Gasteiger partial charge in [-0.3, -0.25) is 0 Å². The Morgan fingerprint density at radius 3 is 2.29 bits per heavy atom. The third-order valence-electron chi connectivity index (χ3n) is 3.95. The van der Waals surface area contributed by atoms with Gasteiger partial charge in [0.15, 0.2) is 0 Å². The number of esters is 1. The number of carbonyl (C=O) groups excluding carboxylic acids is 1. The molecule has 0 spiro atoms. The van der Waals surface area contributed by atoms with Gasteiger partial charge in [0.05, 0.1) is 16.6 Å². The molecule has 0 unspecified atom stereocenters. The maximum atomic E-state index is 12.9. The Balaban J connectivity index is 1.88. The van der Waals surface area contributed by atoms with E-state index in [1.165, 1.54) is 0 Å². The van der Waals surface area contributed by atoms with Gasteiger partial charge in [-0.25, -0.2) is 9.78 Å². The number of hydrogen-bond acceptors (Lipinski definition) is 3. The minimum absolute atomic E-state index is 0.365. The number of aromatic nitrogens is 1. The molecule has 24 heavy (non-hydrogen) atoms. The van der Waals surface area contributed by atoms with Crippen molar-refractivity contribution in [2.75, 3.05) is 0 Å². The minimum atomic E-state index is -0.365. The summed E-state index contributed by atoms with van der Waals surface area (Å²) in [4.78, 5) is 17.5. The number of fused-ring (bicyclic) bond motifs is 2. The fourth-order valence-electron chi connectivity index (χ4n) is 2.85. The summed E-state index contributed by atoms with van der Waals surface area (Å²) in [6.07, 6.45) is 10.3. The zero-order valence-corrected chi connectivity index (χ0v) is 13.0. The van der Waals surface area contributed by atoms with Gasteiger partial charge >= 0.3 is 5.97 Å². The number of benzene rings is 2. The zero-order valence-electron chi connectivity index (χ0n) is 13.0. The second-order valence-corrected chi connectivity index (χ2v) is 5.55. The summed E-state index contributed by atoms with van der Waals surface area (Å²) < 4.78 is 5.63. The highest BCUT2D eigenvalue weighted by Crippen LogP contribution is 2.27. The van der Waals surface area contributed by atoms with E-state index in [1.54, 1.807) is 6.08 Å². The van der Waals surface area contributed by atoms with E-state index in [0.29, 0.717) is 11.3 Å². The van der Waals surface area contributed by atoms with E-state index >= 15 is 0 Å². The molecule has 1 aliphatic carbocycles. The summed E-state index contributed by atoms with van der Waals surface area (Å²) in [6.45, 7) is 0. The number of para-hydroxylation sites is 2. The fourth-order valence-corrected chi connectivity index (χ4v) is 2.85. The second kappa shape index (κ2) is 6.13. The molecule has 0 atom stereocenters. The first-order valence-electron chi connectivity index (χ1n) is 7.86. The van der Waals surface area contributed by atoms with Crippen LogP contribution >= 0.6 is 0 Å². The summed E-state index contributed by atoms with van der Waals surface area (Å²) in [5.74, 6) is 0.176. The van der Waals surface area contributed by atoms with Gasteiger partial charge in [-0.15, -0.1) is 0 Å². The zero-order chi connectivity index (χ0) is 16.4. The van der Waals surface area contributed by atoms with Crippen LogP contribution in [0, 0.1) is 0 Å². The number of pyridine rings is 1. The Morgan fingerprint density at radius 2 is 1.58 bits per heavy atom. The molecule has 1 aromatic heterocycles. The van der Waals surface area contributed by atoms with Crippen molar-refractivity contribution in [3.63, 3.8) is 0 Å². The second-order valence-electron chi connectivity index (χ2n) is 5.55. The highest BCUT2D eigenvalue weighted by Gasteiger charge is 2.18. The van der Waals surface area contributed by atoms with E-state index in [9.17, 15) is 4.79 Å². The van der Waals surface area contributed by atoms with Crippen molar-refractivity contribution in [2.45, 2.75) is 6.42 Å². The van der Waals surface area contributed by atoms with Crippen molar-refractivity contribution >= 4 is 27.8 Å². The molecular weight excluding hydrogens is 298 g/mol. The number of nitrogens with zero attached hydrogens (tertiary/aromatic N) is 1. The lowest BCUT2D eigenvalue weighted by Gasteiger charge is -2.10. The average molecular weight is 313 g/mol. The molecule has 0 saturated heterocycles. The van der Waals surface area contributed by atoms with Crippen molar-refractivity contribution in [2.24, 2.45) is 0 Å². The van der Waals surface area contributed by atoms with Crippen molar-refractivity contribution in [3.05, 3.63) is 90.2 Å². The first-order valence-corrected chi connectivity index (χ1v) is 7.86. The Kier molecular flexibility index (Phi) is 3.67. The molecule has 0 N–H and O–H groups in total. The normalized spacial score (nSPS) is 13.8. The van der Waals surface area contributed by atoms with Gasteiger partial charge in [-0.05, 0) is 30.7 Å². The van der Waals surface area contributed by atoms with Crippen LogP contribution in [0.15, 0.2) is 84.7 Å². The minimum Gasteiger partial charge on any atom is -0.423 e. The topological polar surface area (TPSA) is 39.2 Å². The highest BCUT2D eigenvalue weighted by atomic mass is 16.5. The van der Waals surface area contributed by atoms with Gasteiger partial charge in [0.25, 0.3) is 0 Å². The van der Waals surface area contributed by atoms with E-state index in [2.05, 4.69) is 4.98 Å². The van der Waals surface area contributed by atoms with Crippen LogP contribution < -0.4 is 0 Å². The lowest BCUT2D eigenvalue weighted by atomic mass is 10.0. The van der Waals surface area contributed by atoms with Gasteiger partial charge in [0.1, 0.15) is 5.76 Å². The lowest BCUT2D eigenvalue weighted by molar-refractivity contribution is 0.0641. The monoisotopic (exact) mass is 313 g/mol. The van der Waals surface area contributed by atoms with E-state index in [1.807, 2.05) is 72.8 Å². The number of hydrogen-bond donors (Lipinski definition) is 0. The summed E-state index contributed by atoms with van der Waals surface area (Å²) >= 11 is 0. The molecule has 4 rings (SSSR count). The van der Waals surface area contributed by atoms with Gasteiger partial charge in [-0.2, -0.15) is 0 Å². The third-order valence-corrected chi connectivity index (χ3v) is 3.95. The van der Waals surface area contributed by atoms with Crippen LogP contribution in [0.25, 0.3) is 21.8 Å². The molecule has 2 aromatic carbocycles. The Labute approximate surface area is 139 Å². The first kappa shape index (κ1) is 14.4. The first-order chi connectivity index (χ1) is 11.8. The molecule has 0 bridgehead atoms. The van der Waals surface area contributed by atoms with Gasteiger partial charge < -0.3 is 4.74 Å². The van der Waals surface area contributed by atoms with E-state index in [0.717, 1.165) is 28.2 Å². The van der Waals surface area contributed by atoms with Crippen LogP contribution in [0.1, 0.15) is 16.8 Å². The van der Waals surface area contributed by atoms with Crippen LogP contribution in [0.5, 0.6) is 0 Å². The number of allylic oxidation sites excluding steroid dienone is 5. The molecule has 3 aromatic rings. The molecule has 3 heteroatoms. The van der Waals surface area contributed by atoms with E-state index < -0.39 is 0 Å².